The number of hydrogen-bond donors (Lipinski definition) is 3. The van der Waals surface area contributed by atoms with Gasteiger partial charge in [0.1, 0.15) is 0 Å². The molecular weight excluding hydrogens is 142 g/mol. The van der Waals surface area contributed by atoms with Crippen LogP contribution in [-0.2, 0) is 0 Å². The van der Waals surface area contributed by atoms with E-state index < -0.39 is 6.03 Å². The Bertz CT molecular complexity index is 177. The number of primary amides is 1. The maximum atomic E-state index is 10.3. The maximum absolute atomic E-state index is 10.3. The topological polar surface area (TPSA) is 67.2 Å². The number of amides is 2. The van der Waals surface area contributed by atoms with E-state index in [1.165, 1.54) is 5.57 Å². The molecule has 0 aliphatic carbocycles. The second-order valence-electron chi connectivity index (χ2n) is 2.53. The van der Waals surface area contributed by atoms with Gasteiger partial charge in [0.2, 0.25) is 0 Å². The zero-order chi connectivity index (χ0) is 8.10. The summed E-state index contributed by atoms with van der Waals surface area (Å²) in [5, 5.41) is 5.74. The van der Waals surface area contributed by atoms with E-state index in [0.29, 0.717) is 6.54 Å². The predicted octanol–water partition coefficient (Wildman–Crippen LogP) is -0.426. The molecule has 62 valence electrons. The Hall–Kier alpha value is -1.03. The highest BCUT2D eigenvalue weighted by Crippen LogP contribution is 2.01. The first-order valence-corrected chi connectivity index (χ1v) is 3.71. The lowest BCUT2D eigenvalue weighted by Gasteiger charge is -2.13. The normalized spacial score (nSPS) is 17.3. The molecule has 0 fully saturated rings. The van der Waals surface area contributed by atoms with Crippen LogP contribution in [0.1, 0.15) is 6.42 Å². The van der Waals surface area contributed by atoms with Gasteiger partial charge in [-0.15, -0.1) is 0 Å². The molecular formula is C7H13N3O. The summed E-state index contributed by atoms with van der Waals surface area (Å²) in [4.78, 5) is 10.3. The number of carbonyl (C=O) groups excluding carboxylic acids is 1. The van der Waals surface area contributed by atoms with E-state index in [4.69, 9.17) is 5.73 Å². The fourth-order valence-corrected chi connectivity index (χ4v) is 1.03. The monoisotopic (exact) mass is 155 g/mol. The van der Waals surface area contributed by atoms with Crippen LogP contribution < -0.4 is 16.4 Å². The molecule has 0 saturated heterocycles. The van der Waals surface area contributed by atoms with Gasteiger partial charge < -0.3 is 16.4 Å². The summed E-state index contributed by atoms with van der Waals surface area (Å²) in [6.07, 6.45) is 3.08. The molecule has 1 aliphatic rings. The number of rotatable bonds is 2. The quantitative estimate of drug-likeness (QED) is 0.474. The van der Waals surface area contributed by atoms with Crippen molar-refractivity contribution in [1.29, 1.82) is 0 Å². The first kappa shape index (κ1) is 8.07. The highest BCUT2D eigenvalue weighted by Gasteiger charge is 2.02. The summed E-state index contributed by atoms with van der Waals surface area (Å²) < 4.78 is 0. The van der Waals surface area contributed by atoms with Crippen molar-refractivity contribution >= 4 is 6.03 Å². The lowest BCUT2D eigenvalue weighted by atomic mass is 10.1. The van der Waals surface area contributed by atoms with E-state index in [1.54, 1.807) is 0 Å². The Morgan fingerprint density at radius 2 is 2.64 bits per heavy atom. The number of hydrogen-bond acceptors (Lipinski definition) is 2. The van der Waals surface area contributed by atoms with Crippen LogP contribution in [-0.4, -0.2) is 25.7 Å². The first-order chi connectivity index (χ1) is 5.29. The first-order valence-electron chi connectivity index (χ1n) is 3.71. The molecule has 4 N–H and O–H groups in total. The largest absolute Gasteiger partial charge is 0.352 e. The van der Waals surface area contributed by atoms with Gasteiger partial charge in [-0.25, -0.2) is 4.79 Å². The van der Waals surface area contributed by atoms with Crippen molar-refractivity contribution in [1.82, 2.24) is 10.6 Å². The summed E-state index contributed by atoms with van der Waals surface area (Å²) in [5.74, 6) is 0. The third kappa shape index (κ3) is 3.04. The van der Waals surface area contributed by atoms with Gasteiger partial charge in [-0.3, -0.25) is 0 Å². The molecule has 0 atom stereocenters. The van der Waals surface area contributed by atoms with Crippen LogP contribution in [0.3, 0.4) is 0 Å². The van der Waals surface area contributed by atoms with Gasteiger partial charge >= 0.3 is 6.03 Å². The molecule has 0 aromatic heterocycles. The molecule has 0 saturated carbocycles. The van der Waals surface area contributed by atoms with E-state index in [0.717, 1.165) is 19.5 Å². The van der Waals surface area contributed by atoms with Crippen LogP contribution in [0, 0.1) is 0 Å². The number of urea groups is 1. The van der Waals surface area contributed by atoms with Crippen LogP contribution in [0.15, 0.2) is 11.6 Å². The van der Waals surface area contributed by atoms with E-state index >= 15 is 0 Å². The van der Waals surface area contributed by atoms with Gasteiger partial charge in [-0.05, 0) is 13.0 Å². The van der Waals surface area contributed by atoms with Crippen molar-refractivity contribution in [3.05, 3.63) is 11.6 Å². The maximum Gasteiger partial charge on any atom is 0.312 e. The molecule has 11 heavy (non-hydrogen) atoms. The highest BCUT2D eigenvalue weighted by atomic mass is 16.2. The molecule has 2 amide bonds. The van der Waals surface area contributed by atoms with Gasteiger partial charge in [0.25, 0.3) is 0 Å². The fraction of sp³-hybridized carbons (Fsp3) is 0.571. The fourth-order valence-electron chi connectivity index (χ4n) is 1.03. The minimum Gasteiger partial charge on any atom is -0.352 e. The van der Waals surface area contributed by atoms with Crippen molar-refractivity contribution < 1.29 is 4.79 Å². The lowest BCUT2D eigenvalue weighted by Crippen LogP contribution is -2.33. The summed E-state index contributed by atoms with van der Waals surface area (Å²) in [7, 11) is 0. The second-order valence-corrected chi connectivity index (χ2v) is 2.53. The van der Waals surface area contributed by atoms with Crippen molar-refractivity contribution in [2.24, 2.45) is 5.73 Å². The Labute approximate surface area is 65.8 Å². The lowest BCUT2D eigenvalue weighted by molar-refractivity contribution is 0.249. The van der Waals surface area contributed by atoms with Crippen LogP contribution in [0.5, 0.6) is 0 Å². The van der Waals surface area contributed by atoms with Crippen molar-refractivity contribution in [3.63, 3.8) is 0 Å². The van der Waals surface area contributed by atoms with Crippen LogP contribution in [0.4, 0.5) is 4.79 Å². The average molecular weight is 155 g/mol. The SMILES string of the molecule is NC(=O)NCC1=CCNCC1. The Morgan fingerprint density at radius 1 is 1.82 bits per heavy atom. The molecule has 4 heteroatoms. The number of nitrogens with one attached hydrogen (secondary N) is 2. The van der Waals surface area contributed by atoms with E-state index in [-0.39, 0.29) is 0 Å². The molecule has 0 bridgehead atoms. The van der Waals surface area contributed by atoms with Crippen molar-refractivity contribution in [3.8, 4) is 0 Å². The molecule has 0 spiro atoms. The smallest absolute Gasteiger partial charge is 0.312 e. The standard InChI is InChI=1S/C7H13N3O/c8-7(11)10-5-6-1-3-9-4-2-6/h1,9H,2-5H2,(H3,8,10,11). The molecule has 0 aromatic carbocycles. The zero-order valence-electron chi connectivity index (χ0n) is 6.39. The Kier molecular flexibility index (Phi) is 2.92. The van der Waals surface area contributed by atoms with E-state index in [1.807, 2.05) is 0 Å². The average Bonchev–Trinajstić information content (AvgIpc) is 2.03. The molecule has 0 unspecified atom stereocenters. The van der Waals surface area contributed by atoms with Crippen LogP contribution >= 0.6 is 0 Å². The van der Waals surface area contributed by atoms with Gasteiger partial charge in [0.05, 0.1) is 0 Å². The van der Waals surface area contributed by atoms with Crippen molar-refractivity contribution in [2.45, 2.75) is 6.42 Å². The van der Waals surface area contributed by atoms with Gasteiger partial charge in [-0.1, -0.05) is 11.6 Å². The third-order valence-electron chi connectivity index (χ3n) is 1.65. The molecule has 1 rings (SSSR count). The highest BCUT2D eigenvalue weighted by molar-refractivity contribution is 5.71. The molecule has 0 aromatic rings. The van der Waals surface area contributed by atoms with Crippen molar-refractivity contribution in [2.75, 3.05) is 19.6 Å². The molecule has 1 aliphatic heterocycles. The van der Waals surface area contributed by atoms with Gasteiger partial charge in [-0.2, -0.15) is 0 Å². The summed E-state index contributed by atoms with van der Waals surface area (Å²) in [6, 6.07) is -0.454. The van der Waals surface area contributed by atoms with Gasteiger partial charge in [0.15, 0.2) is 0 Å². The Morgan fingerprint density at radius 3 is 3.18 bits per heavy atom. The second kappa shape index (κ2) is 3.98. The number of nitrogens with two attached hydrogens (primary N) is 1. The minimum absolute atomic E-state index is 0.454. The third-order valence-corrected chi connectivity index (χ3v) is 1.65. The van der Waals surface area contributed by atoms with Gasteiger partial charge in [0, 0.05) is 13.1 Å². The minimum atomic E-state index is -0.454. The van der Waals surface area contributed by atoms with E-state index in [9.17, 15) is 4.79 Å². The van der Waals surface area contributed by atoms with E-state index in [2.05, 4.69) is 16.7 Å². The summed E-state index contributed by atoms with van der Waals surface area (Å²) >= 11 is 0. The molecule has 1 heterocycles. The van der Waals surface area contributed by atoms with Crippen LogP contribution in [0.25, 0.3) is 0 Å². The zero-order valence-corrected chi connectivity index (χ0v) is 6.39. The predicted molar refractivity (Wildman–Crippen MR) is 43.2 cm³/mol. The molecule has 4 nitrogen and oxygen atoms in total. The van der Waals surface area contributed by atoms with Crippen LogP contribution in [0.2, 0.25) is 0 Å². The summed E-state index contributed by atoms with van der Waals surface area (Å²) in [5.41, 5.74) is 6.17. The number of carbonyl (C=O) groups is 1. The Balaban J connectivity index is 2.24. The summed E-state index contributed by atoms with van der Waals surface area (Å²) in [6.45, 7) is 2.49. The molecule has 0 radical (unpaired) electrons.